The van der Waals surface area contributed by atoms with Crippen LogP contribution < -0.4 is 26.1 Å². The third-order valence-corrected chi connectivity index (χ3v) is 3.55. The lowest BCUT2D eigenvalue weighted by Crippen LogP contribution is -2.30. The molecule has 1 aromatic heterocycles. The van der Waals surface area contributed by atoms with Crippen LogP contribution in [0, 0.1) is 6.92 Å². The topological polar surface area (TPSA) is 126 Å². The van der Waals surface area contributed by atoms with E-state index in [1.165, 1.54) is 6.21 Å². The van der Waals surface area contributed by atoms with Crippen LogP contribution >= 0.6 is 0 Å². The van der Waals surface area contributed by atoms with Gasteiger partial charge in [0, 0.05) is 11.3 Å². The van der Waals surface area contributed by atoms with E-state index in [4.69, 9.17) is 9.47 Å². The van der Waals surface area contributed by atoms with Crippen LogP contribution in [-0.2, 0) is 11.2 Å². The molecule has 0 unspecified atom stereocenters. The fourth-order valence-electron chi connectivity index (χ4n) is 2.34. The highest BCUT2D eigenvalue weighted by atomic mass is 16.5. The number of nitrogens with one attached hydrogen (secondary N) is 3. The average Bonchev–Trinajstić information content (AvgIpc) is 2.58. The van der Waals surface area contributed by atoms with Crippen LogP contribution in [0.1, 0.15) is 30.7 Å². The molecule has 0 saturated heterocycles. The van der Waals surface area contributed by atoms with Gasteiger partial charge in [0.1, 0.15) is 0 Å². The smallest absolute Gasteiger partial charge is 0.325 e. The van der Waals surface area contributed by atoms with Gasteiger partial charge in [-0.2, -0.15) is 5.10 Å². The number of carbonyl (C=O) groups is 1. The van der Waals surface area contributed by atoms with Crippen molar-refractivity contribution >= 4 is 12.1 Å². The second-order valence-electron chi connectivity index (χ2n) is 6.06. The van der Waals surface area contributed by atoms with Crippen molar-refractivity contribution in [2.24, 2.45) is 5.10 Å². The number of aromatic nitrogens is 2. The third-order valence-electron chi connectivity index (χ3n) is 3.55. The number of methoxy groups -OCH3 is 1. The maximum absolute atomic E-state index is 12.0. The number of aromatic amines is 2. The van der Waals surface area contributed by atoms with Gasteiger partial charge in [-0.05, 0) is 44.5 Å². The molecule has 0 fully saturated rings. The van der Waals surface area contributed by atoms with E-state index < -0.39 is 17.2 Å². The molecule has 0 aliphatic heterocycles. The van der Waals surface area contributed by atoms with Crippen LogP contribution in [0.15, 0.2) is 32.9 Å². The standard InChI is InChI=1S/C18H22N4O5/c1-10(2)27-15-7-12(5-6-14(15)26-4)9-19-22-16(23)8-13-11(3)20-18(25)21-17(13)24/h5-7,9-10H,8H2,1-4H3,(H,22,23)(H2,20,21,24,25)/b19-9-. The Bertz CT molecular complexity index is 959. The highest BCUT2D eigenvalue weighted by Crippen LogP contribution is 2.28. The number of hydrogen-bond donors (Lipinski definition) is 3. The van der Waals surface area contributed by atoms with Gasteiger partial charge in [-0.1, -0.05) is 0 Å². The highest BCUT2D eigenvalue weighted by Gasteiger charge is 2.11. The first kappa shape index (κ1) is 20.0. The summed E-state index contributed by atoms with van der Waals surface area (Å²) in [5.74, 6) is 0.676. The first-order chi connectivity index (χ1) is 12.8. The molecule has 0 aliphatic rings. The molecule has 144 valence electrons. The van der Waals surface area contributed by atoms with Gasteiger partial charge in [-0.3, -0.25) is 14.6 Å². The lowest BCUT2D eigenvalue weighted by atomic mass is 10.1. The number of carbonyl (C=O) groups excluding carboxylic acids is 1. The van der Waals surface area contributed by atoms with Crippen LogP contribution in [0.3, 0.4) is 0 Å². The number of hydrogen-bond acceptors (Lipinski definition) is 6. The molecule has 0 radical (unpaired) electrons. The van der Waals surface area contributed by atoms with Gasteiger partial charge in [0.15, 0.2) is 11.5 Å². The lowest BCUT2D eigenvalue weighted by molar-refractivity contribution is -0.120. The monoisotopic (exact) mass is 374 g/mol. The zero-order chi connectivity index (χ0) is 20.0. The molecule has 1 amide bonds. The minimum Gasteiger partial charge on any atom is -0.493 e. The van der Waals surface area contributed by atoms with Crippen molar-refractivity contribution in [2.75, 3.05) is 7.11 Å². The van der Waals surface area contributed by atoms with Crippen LogP contribution in [0.25, 0.3) is 0 Å². The Hall–Kier alpha value is -3.36. The molecule has 0 saturated carbocycles. The van der Waals surface area contributed by atoms with Crippen LogP contribution in [0.5, 0.6) is 11.5 Å². The maximum Gasteiger partial charge on any atom is 0.325 e. The first-order valence-corrected chi connectivity index (χ1v) is 8.28. The van der Waals surface area contributed by atoms with Gasteiger partial charge >= 0.3 is 5.69 Å². The molecule has 1 heterocycles. The summed E-state index contributed by atoms with van der Waals surface area (Å²) in [6.45, 7) is 5.36. The Morgan fingerprint density at radius 1 is 1.26 bits per heavy atom. The minimum absolute atomic E-state index is 0.0237. The molecule has 9 heteroatoms. The number of rotatable bonds is 7. The summed E-state index contributed by atoms with van der Waals surface area (Å²) < 4.78 is 10.9. The summed E-state index contributed by atoms with van der Waals surface area (Å²) in [5, 5.41) is 3.89. The van der Waals surface area contributed by atoms with Crippen molar-refractivity contribution in [1.29, 1.82) is 0 Å². The maximum atomic E-state index is 12.0. The number of hydrazone groups is 1. The molecule has 9 nitrogen and oxygen atoms in total. The molecule has 0 spiro atoms. The molecule has 3 N–H and O–H groups in total. The zero-order valence-corrected chi connectivity index (χ0v) is 15.6. The molecule has 2 aromatic rings. The third kappa shape index (κ3) is 5.56. The summed E-state index contributed by atoms with van der Waals surface area (Å²) in [4.78, 5) is 39.4. The Balaban J connectivity index is 2.06. The Labute approximate surface area is 155 Å². The highest BCUT2D eigenvalue weighted by molar-refractivity contribution is 5.84. The van der Waals surface area contributed by atoms with Crippen molar-refractivity contribution in [3.05, 3.63) is 55.9 Å². The van der Waals surface area contributed by atoms with Crippen molar-refractivity contribution in [2.45, 2.75) is 33.3 Å². The molecule has 0 aliphatic carbocycles. The summed E-state index contributed by atoms with van der Waals surface area (Å²) in [6.07, 6.45) is 1.22. The van der Waals surface area contributed by atoms with Crippen LogP contribution in [-0.4, -0.2) is 35.3 Å². The number of amides is 1. The number of benzene rings is 1. The van der Waals surface area contributed by atoms with Gasteiger partial charge in [-0.25, -0.2) is 10.2 Å². The summed E-state index contributed by atoms with van der Waals surface area (Å²) in [5.41, 5.74) is 2.36. The Morgan fingerprint density at radius 3 is 2.63 bits per heavy atom. The van der Waals surface area contributed by atoms with E-state index in [1.54, 1.807) is 32.2 Å². The summed E-state index contributed by atoms with van der Waals surface area (Å²) in [6, 6.07) is 5.24. The Morgan fingerprint density at radius 2 is 2.00 bits per heavy atom. The fourth-order valence-corrected chi connectivity index (χ4v) is 2.34. The zero-order valence-electron chi connectivity index (χ0n) is 15.6. The van der Waals surface area contributed by atoms with Gasteiger partial charge in [-0.15, -0.1) is 0 Å². The molecule has 2 rings (SSSR count). The van der Waals surface area contributed by atoms with Crippen molar-refractivity contribution in [1.82, 2.24) is 15.4 Å². The Kier molecular flexibility index (Phi) is 6.53. The van der Waals surface area contributed by atoms with Gasteiger partial charge in [0.25, 0.3) is 5.56 Å². The predicted molar refractivity (Wildman–Crippen MR) is 101 cm³/mol. The van der Waals surface area contributed by atoms with Crippen LogP contribution in [0.4, 0.5) is 0 Å². The number of nitrogens with zero attached hydrogens (tertiary/aromatic N) is 1. The van der Waals surface area contributed by atoms with Crippen molar-refractivity contribution < 1.29 is 14.3 Å². The SMILES string of the molecule is COc1ccc(/C=N\NC(=O)Cc2c(C)[nH]c(=O)[nH]c2=O)cc1OC(C)C. The van der Waals surface area contributed by atoms with E-state index in [0.29, 0.717) is 22.8 Å². The molecular formula is C18H22N4O5. The fraction of sp³-hybridized carbons (Fsp3) is 0.333. The van der Waals surface area contributed by atoms with E-state index >= 15 is 0 Å². The largest absolute Gasteiger partial charge is 0.493 e. The number of ether oxygens (including phenoxy) is 2. The predicted octanol–water partition coefficient (Wildman–Crippen LogP) is 0.860. The normalized spacial score (nSPS) is 11.0. The van der Waals surface area contributed by atoms with E-state index in [2.05, 4.69) is 20.5 Å². The molecule has 1 aromatic carbocycles. The number of aryl methyl sites for hydroxylation is 1. The van der Waals surface area contributed by atoms with Crippen molar-refractivity contribution in [3.8, 4) is 11.5 Å². The van der Waals surface area contributed by atoms with Crippen molar-refractivity contribution in [3.63, 3.8) is 0 Å². The molecular weight excluding hydrogens is 352 g/mol. The first-order valence-electron chi connectivity index (χ1n) is 8.28. The lowest BCUT2D eigenvalue weighted by Gasteiger charge is -2.13. The summed E-state index contributed by atoms with van der Waals surface area (Å²) >= 11 is 0. The molecule has 0 bridgehead atoms. The van der Waals surface area contributed by atoms with E-state index in [0.717, 1.165) is 0 Å². The van der Waals surface area contributed by atoms with E-state index in [9.17, 15) is 14.4 Å². The quantitative estimate of drug-likeness (QED) is 0.489. The van der Waals surface area contributed by atoms with E-state index in [-0.39, 0.29) is 18.1 Å². The van der Waals surface area contributed by atoms with Crippen LogP contribution in [0.2, 0.25) is 0 Å². The van der Waals surface area contributed by atoms with E-state index in [1.807, 2.05) is 13.8 Å². The minimum atomic E-state index is -0.612. The van der Waals surface area contributed by atoms with Gasteiger partial charge in [0.2, 0.25) is 5.91 Å². The molecule has 27 heavy (non-hydrogen) atoms. The average molecular weight is 374 g/mol. The van der Waals surface area contributed by atoms with Gasteiger partial charge in [0.05, 0.1) is 25.8 Å². The molecule has 0 atom stereocenters. The van der Waals surface area contributed by atoms with Gasteiger partial charge < -0.3 is 14.5 Å². The summed E-state index contributed by atoms with van der Waals surface area (Å²) in [7, 11) is 1.55. The second-order valence-corrected chi connectivity index (χ2v) is 6.06. The second kappa shape index (κ2) is 8.84. The number of H-pyrrole nitrogens is 2.